The van der Waals surface area contributed by atoms with E-state index in [2.05, 4.69) is 32.9 Å². The van der Waals surface area contributed by atoms with Gasteiger partial charge in [-0.05, 0) is 59.0 Å². The summed E-state index contributed by atoms with van der Waals surface area (Å²) in [4.78, 5) is 0. The minimum absolute atomic E-state index is 0.217. The van der Waals surface area contributed by atoms with Gasteiger partial charge in [0, 0.05) is 3.57 Å². The van der Waals surface area contributed by atoms with Gasteiger partial charge in [-0.3, -0.25) is 0 Å². The van der Waals surface area contributed by atoms with Crippen LogP contribution < -0.4 is 4.74 Å². The Bertz CT molecular complexity index is 727. The normalized spacial score (nSPS) is 12.5. The highest BCUT2D eigenvalue weighted by Gasteiger charge is 2.10. The van der Waals surface area contributed by atoms with Crippen molar-refractivity contribution in [2.45, 2.75) is 12.6 Å². The molecule has 0 saturated heterocycles. The number of aliphatic hydroxyl groups excluding tert-OH is 1. The number of nitrogens with zero attached hydrogens (tertiary/aromatic N) is 3. The number of ether oxygens (including phenoxy) is 1. The zero-order valence-corrected chi connectivity index (χ0v) is 13.3. The van der Waals surface area contributed by atoms with E-state index in [1.54, 1.807) is 4.68 Å². The van der Waals surface area contributed by atoms with E-state index >= 15 is 0 Å². The number of para-hydroxylation sites is 1. The number of rotatable bonds is 5. The predicted molar refractivity (Wildman–Crippen MR) is 88.2 cm³/mol. The third-order valence-corrected chi connectivity index (χ3v) is 3.78. The second-order valence-corrected chi connectivity index (χ2v) is 5.92. The van der Waals surface area contributed by atoms with Crippen molar-refractivity contribution in [2.75, 3.05) is 6.61 Å². The molecule has 21 heavy (non-hydrogen) atoms. The summed E-state index contributed by atoms with van der Waals surface area (Å²) in [5, 5.41) is 18.2. The molecule has 0 aliphatic carbocycles. The van der Waals surface area contributed by atoms with E-state index < -0.39 is 6.10 Å². The van der Waals surface area contributed by atoms with Crippen LogP contribution in [0.2, 0.25) is 0 Å². The van der Waals surface area contributed by atoms with Crippen LogP contribution in [0.25, 0.3) is 11.0 Å². The van der Waals surface area contributed by atoms with Crippen LogP contribution in [0.1, 0.15) is 0 Å². The number of aliphatic hydroxyl groups is 1. The van der Waals surface area contributed by atoms with Gasteiger partial charge in [-0.15, -0.1) is 5.10 Å². The van der Waals surface area contributed by atoms with E-state index in [-0.39, 0.29) is 6.61 Å². The topological polar surface area (TPSA) is 60.2 Å². The third-order valence-electron chi connectivity index (χ3n) is 3.06. The van der Waals surface area contributed by atoms with Gasteiger partial charge in [-0.25, -0.2) is 4.68 Å². The Hall–Kier alpha value is -1.67. The maximum Gasteiger partial charge on any atom is 0.119 e. The van der Waals surface area contributed by atoms with Crippen molar-refractivity contribution in [2.24, 2.45) is 0 Å². The molecule has 3 aromatic rings. The molecule has 1 atom stereocenters. The van der Waals surface area contributed by atoms with Gasteiger partial charge in [-0.2, -0.15) is 0 Å². The first-order valence-corrected chi connectivity index (χ1v) is 7.65. The molecule has 6 heteroatoms. The Kier molecular flexibility index (Phi) is 4.35. The largest absolute Gasteiger partial charge is 0.491 e. The van der Waals surface area contributed by atoms with Gasteiger partial charge in [0.15, 0.2) is 0 Å². The van der Waals surface area contributed by atoms with Gasteiger partial charge in [0.1, 0.15) is 24.0 Å². The minimum atomic E-state index is -0.644. The molecular formula is C15H14IN3O2. The van der Waals surface area contributed by atoms with Crippen LogP contribution in [0.4, 0.5) is 0 Å². The van der Waals surface area contributed by atoms with Gasteiger partial charge >= 0.3 is 0 Å². The number of benzene rings is 2. The average Bonchev–Trinajstić information content (AvgIpc) is 2.90. The first kappa shape index (κ1) is 14.3. The highest BCUT2D eigenvalue weighted by atomic mass is 127. The van der Waals surface area contributed by atoms with Gasteiger partial charge in [0.05, 0.1) is 12.1 Å². The molecule has 1 N–H and O–H groups in total. The Morgan fingerprint density at radius 3 is 2.71 bits per heavy atom. The number of fused-ring (bicyclic) bond motifs is 1. The van der Waals surface area contributed by atoms with E-state index in [1.165, 1.54) is 0 Å². The lowest BCUT2D eigenvalue weighted by Crippen LogP contribution is -2.24. The molecule has 1 aromatic heterocycles. The van der Waals surface area contributed by atoms with Crippen molar-refractivity contribution in [1.29, 1.82) is 0 Å². The van der Waals surface area contributed by atoms with Crippen molar-refractivity contribution in [3.8, 4) is 5.75 Å². The van der Waals surface area contributed by atoms with Crippen LogP contribution in [-0.4, -0.2) is 32.8 Å². The summed E-state index contributed by atoms with van der Waals surface area (Å²) >= 11 is 2.24. The van der Waals surface area contributed by atoms with E-state index in [1.807, 2.05) is 48.5 Å². The highest BCUT2D eigenvalue weighted by molar-refractivity contribution is 14.1. The summed E-state index contributed by atoms with van der Waals surface area (Å²) in [6.45, 7) is 0.569. The van der Waals surface area contributed by atoms with Crippen LogP contribution in [0.3, 0.4) is 0 Å². The molecule has 5 nitrogen and oxygen atoms in total. The lowest BCUT2D eigenvalue weighted by atomic mass is 10.3. The summed E-state index contributed by atoms with van der Waals surface area (Å²) in [7, 11) is 0. The Morgan fingerprint density at radius 2 is 1.90 bits per heavy atom. The van der Waals surface area contributed by atoms with Gasteiger partial charge < -0.3 is 9.84 Å². The number of halogens is 1. The monoisotopic (exact) mass is 395 g/mol. The standard InChI is InChI=1S/C15H14IN3O2/c16-11-5-7-13(8-6-11)21-10-12(20)9-19-15-4-2-1-3-14(15)17-18-19/h1-8,12,20H,9-10H2/t12-/m1/s1. The average molecular weight is 395 g/mol. The van der Waals surface area contributed by atoms with Crippen molar-refractivity contribution in [3.05, 3.63) is 52.1 Å². The Labute approximate surface area is 135 Å². The van der Waals surface area contributed by atoms with Gasteiger partial charge in [0.2, 0.25) is 0 Å². The van der Waals surface area contributed by atoms with Crippen LogP contribution in [0, 0.1) is 3.57 Å². The molecule has 3 rings (SSSR count). The highest BCUT2D eigenvalue weighted by Crippen LogP contribution is 2.14. The molecule has 0 saturated carbocycles. The second-order valence-electron chi connectivity index (χ2n) is 4.68. The fourth-order valence-corrected chi connectivity index (χ4v) is 2.39. The molecule has 0 fully saturated rings. The zero-order chi connectivity index (χ0) is 14.7. The van der Waals surface area contributed by atoms with Gasteiger partial charge in [0.25, 0.3) is 0 Å². The summed E-state index contributed by atoms with van der Waals surface area (Å²) in [5.74, 6) is 0.748. The van der Waals surface area contributed by atoms with Crippen LogP contribution >= 0.6 is 22.6 Å². The predicted octanol–water partition coefficient (Wildman–Crippen LogP) is 2.48. The van der Waals surface area contributed by atoms with Crippen LogP contribution in [-0.2, 0) is 6.54 Å². The van der Waals surface area contributed by atoms with Crippen molar-refractivity contribution < 1.29 is 9.84 Å². The number of hydrogen-bond donors (Lipinski definition) is 1. The number of aromatic nitrogens is 3. The fourth-order valence-electron chi connectivity index (χ4n) is 2.03. The molecular weight excluding hydrogens is 381 g/mol. The fraction of sp³-hybridized carbons (Fsp3) is 0.200. The molecule has 0 aliphatic heterocycles. The van der Waals surface area contributed by atoms with Crippen LogP contribution in [0.5, 0.6) is 5.75 Å². The van der Waals surface area contributed by atoms with Crippen molar-refractivity contribution in [3.63, 3.8) is 0 Å². The van der Waals surface area contributed by atoms with E-state index in [4.69, 9.17) is 4.74 Å². The molecule has 108 valence electrons. The quantitative estimate of drug-likeness (QED) is 0.675. The number of hydrogen-bond acceptors (Lipinski definition) is 4. The molecule has 0 radical (unpaired) electrons. The Morgan fingerprint density at radius 1 is 1.14 bits per heavy atom. The summed E-state index contributed by atoms with van der Waals surface area (Å²) in [6, 6.07) is 15.4. The van der Waals surface area contributed by atoms with E-state index in [9.17, 15) is 5.11 Å². The van der Waals surface area contributed by atoms with Crippen LogP contribution in [0.15, 0.2) is 48.5 Å². The third kappa shape index (κ3) is 3.51. The van der Waals surface area contributed by atoms with E-state index in [0.717, 1.165) is 20.4 Å². The molecule has 2 aromatic carbocycles. The van der Waals surface area contributed by atoms with Crippen molar-refractivity contribution in [1.82, 2.24) is 15.0 Å². The zero-order valence-electron chi connectivity index (χ0n) is 11.2. The maximum atomic E-state index is 10.1. The molecule has 0 spiro atoms. The minimum Gasteiger partial charge on any atom is -0.491 e. The SMILES string of the molecule is O[C@@H](COc1ccc(I)cc1)Cn1nnc2ccccc21. The molecule has 1 heterocycles. The molecule has 0 aliphatic rings. The molecule has 0 amide bonds. The maximum absolute atomic E-state index is 10.1. The first-order valence-electron chi connectivity index (χ1n) is 6.57. The summed E-state index contributed by atoms with van der Waals surface area (Å²) in [6.07, 6.45) is -0.644. The van der Waals surface area contributed by atoms with E-state index in [0.29, 0.717) is 6.54 Å². The molecule has 0 bridgehead atoms. The van der Waals surface area contributed by atoms with Crippen molar-refractivity contribution >= 4 is 33.6 Å². The Balaban J connectivity index is 1.61. The lowest BCUT2D eigenvalue weighted by Gasteiger charge is -2.12. The second kappa shape index (κ2) is 6.40. The molecule has 0 unspecified atom stereocenters. The smallest absolute Gasteiger partial charge is 0.119 e. The first-order chi connectivity index (χ1) is 10.2. The lowest BCUT2D eigenvalue weighted by molar-refractivity contribution is 0.0899. The summed E-state index contributed by atoms with van der Waals surface area (Å²) < 4.78 is 8.41. The van der Waals surface area contributed by atoms with Gasteiger partial charge in [-0.1, -0.05) is 17.3 Å². The summed E-state index contributed by atoms with van der Waals surface area (Å²) in [5.41, 5.74) is 1.73.